The van der Waals surface area contributed by atoms with Gasteiger partial charge in [0.15, 0.2) is 11.2 Å². The third-order valence-corrected chi connectivity index (χ3v) is 4.19. The van der Waals surface area contributed by atoms with E-state index in [9.17, 15) is 14.4 Å². The predicted octanol–water partition coefficient (Wildman–Crippen LogP) is 1.27. The minimum Gasteiger partial charge on any atom is -0.452 e. The standard InChI is InChI=1S/C15H21N3O4S/c1-9(2)16-14(21)10(3)22-13(20)7-11-8-23-15(17-11)18-6-4-5-12(18)19/h8-10H,4-7H2,1-3H3,(H,16,21). The van der Waals surface area contributed by atoms with E-state index in [0.717, 1.165) is 6.42 Å². The van der Waals surface area contributed by atoms with E-state index in [1.165, 1.54) is 18.3 Å². The summed E-state index contributed by atoms with van der Waals surface area (Å²) >= 11 is 1.33. The third-order valence-electron chi connectivity index (χ3n) is 3.28. The molecular formula is C15H21N3O4S. The molecule has 2 heterocycles. The first-order valence-corrected chi connectivity index (χ1v) is 8.49. The lowest BCUT2D eigenvalue weighted by atomic mass is 10.3. The van der Waals surface area contributed by atoms with Crippen LogP contribution in [-0.4, -0.2) is 41.5 Å². The summed E-state index contributed by atoms with van der Waals surface area (Å²) in [5.74, 6) is -0.775. The van der Waals surface area contributed by atoms with Crippen molar-refractivity contribution in [2.24, 2.45) is 0 Å². The second kappa shape index (κ2) is 7.54. The smallest absolute Gasteiger partial charge is 0.312 e. The quantitative estimate of drug-likeness (QED) is 0.789. The number of carbonyl (C=O) groups is 3. The maximum atomic E-state index is 11.9. The van der Waals surface area contributed by atoms with Gasteiger partial charge in [0.25, 0.3) is 5.91 Å². The number of hydrogen-bond donors (Lipinski definition) is 1. The molecule has 23 heavy (non-hydrogen) atoms. The van der Waals surface area contributed by atoms with Crippen molar-refractivity contribution in [3.8, 4) is 0 Å². The summed E-state index contributed by atoms with van der Waals surface area (Å²) in [7, 11) is 0. The Morgan fingerprint density at radius 1 is 1.43 bits per heavy atom. The van der Waals surface area contributed by atoms with Gasteiger partial charge in [-0.25, -0.2) is 4.98 Å². The van der Waals surface area contributed by atoms with E-state index < -0.39 is 12.1 Å². The average Bonchev–Trinajstić information content (AvgIpc) is 3.06. The molecular weight excluding hydrogens is 318 g/mol. The number of nitrogens with one attached hydrogen (secondary N) is 1. The number of aromatic nitrogens is 1. The van der Waals surface area contributed by atoms with Gasteiger partial charge in [0, 0.05) is 24.4 Å². The highest BCUT2D eigenvalue weighted by atomic mass is 32.1. The fraction of sp³-hybridized carbons (Fsp3) is 0.600. The summed E-state index contributed by atoms with van der Waals surface area (Å²) < 4.78 is 5.11. The van der Waals surface area contributed by atoms with Gasteiger partial charge in [-0.05, 0) is 27.2 Å². The Kier molecular flexibility index (Phi) is 5.70. The van der Waals surface area contributed by atoms with Crippen molar-refractivity contribution in [2.45, 2.75) is 52.2 Å². The minimum absolute atomic E-state index is 0.0113. The summed E-state index contributed by atoms with van der Waals surface area (Å²) in [6.07, 6.45) is 0.512. The summed E-state index contributed by atoms with van der Waals surface area (Å²) in [6, 6.07) is -0.0113. The molecule has 2 amide bonds. The van der Waals surface area contributed by atoms with Crippen LogP contribution in [0.15, 0.2) is 5.38 Å². The molecule has 1 fully saturated rings. The van der Waals surface area contributed by atoms with Crippen LogP contribution >= 0.6 is 11.3 Å². The Morgan fingerprint density at radius 3 is 2.78 bits per heavy atom. The maximum absolute atomic E-state index is 11.9. The lowest BCUT2D eigenvalue weighted by molar-refractivity contribution is -0.154. The van der Waals surface area contributed by atoms with Crippen LogP contribution in [0.1, 0.15) is 39.3 Å². The SMILES string of the molecule is CC(C)NC(=O)C(C)OC(=O)Cc1csc(N2CCCC2=O)n1. The zero-order valence-corrected chi connectivity index (χ0v) is 14.3. The molecule has 1 aromatic heterocycles. The van der Waals surface area contributed by atoms with Crippen LogP contribution < -0.4 is 10.2 Å². The molecule has 7 nitrogen and oxygen atoms in total. The van der Waals surface area contributed by atoms with Crippen LogP contribution in [0, 0.1) is 0 Å². The third kappa shape index (κ3) is 4.75. The van der Waals surface area contributed by atoms with Gasteiger partial charge in [-0.2, -0.15) is 0 Å². The first kappa shape index (κ1) is 17.4. The largest absolute Gasteiger partial charge is 0.452 e. The van der Waals surface area contributed by atoms with Crippen LogP contribution in [0.4, 0.5) is 5.13 Å². The van der Waals surface area contributed by atoms with Gasteiger partial charge in [0.2, 0.25) is 5.91 Å². The summed E-state index contributed by atoms with van der Waals surface area (Å²) in [4.78, 5) is 41.2. The molecule has 1 aliphatic rings. The highest BCUT2D eigenvalue weighted by Crippen LogP contribution is 2.25. The van der Waals surface area contributed by atoms with Gasteiger partial charge < -0.3 is 10.1 Å². The molecule has 126 valence electrons. The lowest BCUT2D eigenvalue weighted by Crippen LogP contribution is -2.39. The maximum Gasteiger partial charge on any atom is 0.312 e. The summed E-state index contributed by atoms with van der Waals surface area (Å²) in [5.41, 5.74) is 0.547. The van der Waals surface area contributed by atoms with E-state index in [4.69, 9.17) is 4.74 Å². The molecule has 0 radical (unpaired) electrons. The Bertz CT molecular complexity index is 599. The number of rotatable bonds is 6. The fourth-order valence-corrected chi connectivity index (χ4v) is 3.06. The monoisotopic (exact) mass is 339 g/mol. The number of hydrogen-bond acceptors (Lipinski definition) is 6. The van der Waals surface area contributed by atoms with Crippen LogP contribution in [0.3, 0.4) is 0 Å². The van der Waals surface area contributed by atoms with Gasteiger partial charge in [0.1, 0.15) is 0 Å². The number of amides is 2. The highest BCUT2D eigenvalue weighted by molar-refractivity contribution is 7.14. The Labute approximate surface area is 139 Å². The lowest BCUT2D eigenvalue weighted by Gasteiger charge is -2.15. The molecule has 1 unspecified atom stereocenters. The summed E-state index contributed by atoms with van der Waals surface area (Å²) in [6.45, 7) is 5.87. The van der Waals surface area contributed by atoms with Crippen molar-refractivity contribution in [1.82, 2.24) is 10.3 Å². The molecule has 0 saturated carbocycles. The molecule has 1 aromatic rings. The average molecular weight is 339 g/mol. The van der Waals surface area contributed by atoms with Crippen LogP contribution in [0.25, 0.3) is 0 Å². The molecule has 1 aliphatic heterocycles. The topological polar surface area (TPSA) is 88.6 Å². The second-order valence-corrected chi connectivity index (χ2v) is 6.58. The molecule has 0 bridgehead atoms. The first-order chi connectivity index (χ1) is 10.9. The van der Waals surface area contributed by atoms with Crippen molar-refractivity contribution in [1.29, 1.82) is 0 Å². The van der Waals surface area contributed by atoms with Crippen molar-refractivity contribution < 1.29 is 19.1 Å². The molecule has 2 rings (SSSR count). The number of carbonyl (C=O) groups excluding carboxylic acids is 3. The number of thiazole rings is 1. The highest BCUT2D eigenvalue weighted by Gasteiger charge is 2.25. The van der Waals surface area contributed by atoms with Crippen LogP contribution in [0.5, 0.6) is 0 Å². The normalized spacial score (nSPS) is 15.8. The second-order valence-electron chi connectivity index (χ2n) is 5.74. The van der Waals surface area contributed by atoms with Crippen LogP contribution in [0.2, 0.25) is 0 Å². The van der Waals surface area contributed by atoms with E-state index in [1.807, 2.05) is 13.8 Å². The van der Waals surface area contributed by atoms with Gasteiger partial charge in [-0.1, -0.05) is 0 Å². The Morgan fingerprint density at radius 2 is 2.17 bits per heavy atom. The molecule has 0 aromatic carbocycles. The minimum atomic E-state index is -0.844. The van der Waals surface area contributed by atoms with Gasteiger partial charge in [-0.3, -0.25) is 19.3 Å². The molecule has 8 heteroatoms. The predicted molar refractivity (Wildman–Crippen MR) is 86.2 cm³/mol. The van der Waals surface area contributed by atoms with E-state index in [1.54, 1.807) is 10.3 Å². The molecule has 1 N–H and O–H groups in total. The number of anilines is 1. The van der Waals surface area contributed by atoms with Crippen molar-refractivity contribution >= 4 is 34.3 Å². The van der Waals surface area contributed by atoms with E-state index in [2.05, 4.69) is 10.3 Å². The van der Waals surface area contributed by atoms with Gasteiger partial charge >= 0.3 is 5.97 Å². The Balaban J connectivity index is 1.87. The van der Waals surface area contributed by atoms with Crippen LogP contribution in [-0.2, 0) is 25.5 Å². The first-order valence-electron chi connectivity index (χ1n) is 7.61. The zero-order chi connectivity index (χ0) is 17.0. The number of nitrogens with zero attached hydrogens (tertiary/aromatic N) is 2. The van der Waals surface area contributed by atoms with Gasteiger partial charge in [0.05, 0.1) is 12.1 Å². The number of esters is 1. The van der Waals surface area contributed by atoms with Crippen molar-refractivity contribution in [2.75, 3.05) is 11.4 Å². The van der Waals surface area contributed by atoms with E-state index >= 15 is 0 Å². The zero-order valence-electron chi connectivity index (χ0n) is 13.5. The summed E-state index contributed by atoms with van der Waals surface area (Å²) in [5, 5.41) is 5.03. The van der Waals surface area contributed by atoms with E-state index in [0.29, 0.717) is 23.8 Å². The Hall–Kier alpha value is -1.96. The van der Waals surface area contributed by atoms with Crippen molar-refractivity contribution in [3.05, 3.63) is 11.1 Å². The molecule has 0 aliphatic carbocycles. The fourth-order valence-electron chi connectivity index (χ4n) is 2.19. The molecule has 1 saturated heterocycles. The van der Waals surface area contributed by atoms with E-state index in [-0.39, 0.29) is 24.3 Å². The number of ether oxygens (including phenoxy) is 1. The molecule has 1 atom stereocenters. The molecule has 0 spiro atoms. The van der Waals surface area contributed by atoms with Crippen molar-refractivity contribution in [3.63, 3.8) is 0 Å². The van der Waals surface area contributed by atoms with Gasteiger partial charge in [-0.15, -0.1) is 11.3 Å².